The maximum absolute atomic E-state index is 12.5. The minimum absolute atomic E-state index is 0.00308. The maximum Gasteiger partial charge on any atom is 0.246 e. The number of carbonyl (C=O) groups is 1. The smallest absolute Gasteiger partial charge is 0.246 e. The van der Waals surface area contributed by atoms with Crippen molar-refractivity contribution in [3.8, 4) is 0 Å². The van der Waals surface area contributed by atoms with Crippen LogP contribution >= 0.6 is 0 Å². The van der Waals surface area contributed by atoms with Crippen LogP contribution in [0.4, 0.5) is 0 Å². The average Bonchev–Trinajstić information content (AvgIpc) is 2.60. The molecule has 0 saturated heterocycles. The number of primary amides is 1. The number of primary sulfonamides is 1. The SMILES string of the molecule is Cc1ccnc(C2(c3ccccn3)C(C(N)=O)=CC=CC2S(N)(=O)=O)n1. The van der Waals surface area contributed by atoms with Gasteiger partial charge >= 0.3 is 0 Å². The zero-order valence-corrected chi connectivity index (χ0v) is 14.7. The van der Waals surface area contributed by atoms with Crippen LogP contribution in [0, 0.1) is 6.92 Å². The molecule has 4 N–H and O–H groups in total. The number of nitrogens with two attached hydrogens (primary N) is 2. The molecule has 0 fully saturated rings. The zero-order chi connectivity index (χ0) is 18.9. The van der Waals surface area contributed by atoms with Gasteiger partial charge in [0.2, 0.25) is 15.9 Å². The molecule has 0 bridgehead atoms. The van der Waals surface area contributed by atoms with Crippen molar-refractivity contribution in [3.05, 3.63) is 77.7 Å². The van der Waals surface area contributed by atoms with E-state index < -0.39 is 26.6 Å². The summed E-state index contributed by atoms with van der Waals surface area (Å²) in [4.78, 5) is 25.2. The fraction of sp³-hybridized carbons (Fsp3) is 0.176. The normalized spacial score (nSPS) is 22.7. The first-order valence-electron chi connectivity index (χ1n) is 7.70. The van der Waals surface area contributed by atoms with Gasteiger partial charge in [0, 0.05) is 23.7 Å². The van der Waals surface area contributed by atoms with Crippen LogP contribution < -0.4 is 10.9 Å². The number of aryl methyl sites for hydroxylation is 1. The Morgan fingerprint density at radius 3 is 2.54 bits per heavy atom. The van der Waals surface area contributed by atoms with Crippen LogP contribution in [0.3, 0.4) is 0 Å². The summed E-state index contributed by atoms with van der Waals surface area (Å²) in [6, 6.07) is 6.61. The second-order valence-electron chi connectivity index (χ2n) is 5.88. The molecule has 134 valence electrons. The topological polar surface area (TPSA) is 142 Å². The number of hydrogen-bond donors (Lipinski definition) is 2. The molecule has 2 heterocycles. The van der Waals surface area contributed by atoms with E-state index in [4.69, 9.17) is 10.9 Å². The number of carbonyl (C=O) groups excluding carboxylic acids is 1. The van der Waals surface area contributed by atoms with E-state index in [0.717, 1.165) is 0 Å². The van der Waals surface area contributed by atoms with Crippen molar-refractivity contribution < 1.29 is 13.2 Å². The summed E-state index contributed by atoms with van der Waals surface area (Å²) in [5, 5.41) is 4.17. The maximum atomic E-state index is 12.5. The van der Waals surface area contributed by atoms with Gasteiger partial charge in [-0.1, -0.05) is 24.3 Å². The molecule has 8 nitrogen and oxygen atoms in total. The quantitative estimate of drug-likeness (QED) is 0.781. The van der Waals surface area contributed by atoms with E-state index in [-0.39, 0.29) is 17.1 Å². The van der Waals surface area contributed by atoms with E-state index in [1.54, 1.807) is 31.2 Å². The molecule has 2 aromatic heterocycles. The molecule has 2 atom stereocenters. The predicted molar refractivity (Wildman–Crippen MR) is 95.1 cm³/mol. The van der Waals surface area contributed by atoms with Gasteiger partial charge in [-0.05, 0) is 25.1 Å². The summed E-state index contributed by atoms with van der Waals surface area (Å²) < 4.78 is 24.9. The van der Waals surface area contributed by atoms with E-state index in [1.807, 2.05) is 0 Å². The average molecular weight is 371 g/mol. The molecular weight excluding hydrogens is 354 g/mol. The van der Waals surface area contributed by atoms with Gasteiger partial charge in [0.25, 0.3) is 0 Å². The molecule has 1 amide bonds. The molecule has 2 unspecified atom stereocenters. The molecule has 0 aromatic carbocycles. The van der Waals surface area contributed by atoms with Crippen molar-refractivity contribution in [2.24, 2.45) is 10.9 Å². The Labute approximate surface area is 150 Å². The van der Waals surface area contributed by atoms with Crippen molar-refractivity contribution in [1.82, 2.24) is 15.0 Å². The number of amides is 1. The molecule has 2 aromatic rings. The Bertz CT molecular complexity index is 1020. The van der Waals surface area contributed by atoms with Gasteiger partial charge in [0.15, 0.2) is 0 Å². The fourth-order valence-corrected chi connectivity index (χ4v) is 4.35. The summed E-state index contributed by atoms with van der Waals surface area (Å²) >= 11 is 0. The molecule has 0 radical (unpaired) electrons. The van der Waals surface area contributed by atoms with Gasteiger partial charge in [-0.2, -0.15) is 0 Å². The summed E-state index contributed by atoms with van der Waals surface area (Å²) in [7, 11) is -4.16. The van der Waals surface area contributed by atoms with Crippen LogP contribution in [-0.2, 0) is 20.2 Å². The highest BCUT2D eigenvalue weighted by Crippen LogP contribution is 2.44. The first kappa shape index (κ1) is 17.9. The summed E-state index contributed by atoms with van der Waals surface area (Å²) in [6.07, 6.45) is 7.25. The molecule has 3 rings (SSSR count). The highest BCUT2D eigenvalue weighted by molar-refractivity contribution is 7.90. The lowest BCUT2D eigenvalue weighted by molar-refractivity contribution is -0.115. The Morgan fingerprint density at radius 2 is 1.96 bits per heavy atom. The molecule has 1 aliphatic carbocycles. The standard InChI is InChI=1S/C17H17N5O3S/c1-11-8-10-21-16(22-11)17(13-6-2-3-9-20-13)12(15(18)23)5-4-7-14(17)26(19,24)25/h2-10,14H,1H3,(H2,18,23)(H2,19,24,25). The zero-order valence-electron chi connectivity index (χ0n) is 13.9. The summed E-state index contributed by atoms with van der Waals surface area (Å²) in [5.74, 6) is -0.719. The number of allylic oxidation sites excluding steroid dienone is 2. The van der Waals surface area contributed by atoms with Crippen LogP contribution in [0.15, 0.2) is 60.5 Å². The third-order valence-electron chi connectivity index (χ3n) is 4.24. The largest absolute Gasteiger partial charge is 0.366 e. The third-order valence-corrected chi connectivity index (χ3v) is 5.45. The van der Waals surface area contributed by atoms with Crippen LogP contribution in [0.1, 0.15) is 17.2 Å². The third kappa shape index (κ3) is 2.80. The van der Waals surface area contributed by atoms with Gasteiger partial charge in [0.05, 0.1) is 5.69 Å². The Hall–Kier alpha value is -2.91. The Morgan fingerprint density at radius 1 is 1.19 bits per heavy atom. The molecule has 1 aliphatic rings. The molecular formula is C17H17N5O3S. The van der Waals surface area contributed by atoms with Gasteiger partial charge in [-0.25, -0.2) is 23.5 Å². The molecule has 9 heteroatoms. The van der Waals surface area contributed by atoms with Gasteiger partial charge in [-0.15, -0.1) is 0 Å². The van der Waals surface area contributed by atoms with Crippen molar-refractivity contribution in [2.75, 3.05) is 0 Å². The highest BCUT2D eigenvalue weighted by atomic mass is 32.2. The minimum Gasteiger partial charge on any atom is -0.366 e. The predicted octanol–water partition coefficient (Wildman–Crippen LogP) is 0.105. The Kier molecular flexibility index (Phi) is 4.43. The number of sulfonamides is 1. The number of aromatic nitrogens is 3. The lowest BCUT2D eigenvalue weighted by atomic mass is 9.70. The van der Waals surface area contributed by atoms with Gasteiger partial charge < -0.3 is 5.73 Å². The van der Waals surface area contributed by atoms with Crippen molar-refractivity contribution in [3.63, 3.8) is 0 Å². The molecule has 26 heavy (non-hydrogen) atoms. The summed E-state index contributed by atoms with van der Waals surface area (Å²) in [6.45, 7) is 1.73. The number of pyridine rings is 1. The number of hydrogen-bond acceptors (Lipinski definition) is 6. The second kappa shape index (κ2) is 6.43. The monoisotopic (exact) mass is 371 g/mol. The van der Waals surface area contributed by atoms with Crippen LogP contribution in [0.5, 0.6) is 0 Å². The lowest BCUT2D eigenvalue weighted by Crippen LogP contribution is -2.53. The van der Waals surface area contributed by atoms with Gasteiger partial charge in [-0.3, -0.25) is 9.78 Å². The second-order valence-corrected chi connectivity index (χ2v) is 7.57. The highest BCUT2D eigenvalue weighted by Gasteiger charge is 2.55. The first-order chi connectivity index (χ1) is 12.3. The number of nitrogens with zero attached hydrogens (tertiary/aromatic N) is 3. The van der Waals surface area contributed by atoms with E-state index in [2.05, 4.69) is 15.0 Å². The van der Waals surface area contributed by atoms with Crippen molar-refractivity contribution in [2.45, 2.75) is 17.6 Å². The van der Waals surface area contributed by atoms with Crippen molar-refractivity contribution >= 4 is 15.9 Å². The first-order valence-corrected chi connectivity index (χ1v) is 9.31. The molecule has 0 spiro atoms. The van der Waals surface area contributed by atoms with Crippen LogP contribution in [0.2, 0.25) is 0 Å². The minimum atomic E-state index is -4.16. The van der Waals surface area contributed by atoms with Crippen LogP contribution in [-0.4, -0.2) is 34.5 Å². The van der Waals surface area contributed by atoms with Crippen molar-refractivity contribution in [1.29, 1.82) is 0 Å². The summed E-state index contributed by atoms with van der Waals surface area (Å²) in [5.41, 5.74) is 4.81. The molecule has 0 aliphatic heterocycles. The molecule has 0 saturated carbocycles. The van der Waals surface area contributed by atoms with Gasteiger partial charge in [0.1, 0.15) is 16.5 Å². The van der Waals surface area contributed by atoms with E-state index in [9.17, 15) is 13.2 Å². The fourth-order valence-electron chi connectivity index (χ4n) is 3.20. The number of rotatable bonds is 4. The van der Waals surface area contributed by atoms with E-state index in [1.165, 1.54) is 30.6 Å². The lowest BCUT2D eigenvalue weighted by Gasteiger charge is -2.38. The van der Waals surface area contributed by atoms with E-state index in [0.29, 0.717) is 5.69 Å². The Balaban J connectivity index is 2.48. The van der Waals surface area contributed by atoms with E-state index >= 15 is 0 Å². The van der Waals surface area contributed by atoms with Crippen LogP contribution in [0.25, 0.3) is 0 Å².